The molecule has 82 valence electrons. The van der Waals surface area contributed by atoms with E-state index in [1.54, 1.807) is 0 Å². The Hall–Kier alpha value is -1.04. The first kappa shape index (κ1) is 10.5. The zero-order valence-electron chi connectivity index (χ0n) is 8.52. The van der Waals surface area contributed by atoms with E-state index in [2.05, 4.69) is 15.5 Å². The van der Waals surface area contributed by atoms with Gasteiger partial charge in [-0.3, -0.25) is 4.79 Å². The van der Waals surface area contributed by atoms with Crippen molar-refractivity contribution >= 4 is 17.7 Å². The zero-order valence-corrected chi connectivity index (χ0v) is 9.34. The number of hydrogen-bond donors (Lipinski definition) is 1. The molecule has 0 aliphatic heterocycles. The third kappa shape index (κ3) is 3.23. The Morgan fingerprint density at radius 1 is 1.60 bits per heavy atom. The van der Waals surface area contributed by atoms with Gasteiger partial charge in [0.05, 0.1) is 0 Å². The number of nitrogens with one attached hydrogen (secondary N) is 1. The van der Waals surface area contributed by atoms with E-state index in [0.717, 1.165) is 24.5 Å². The van der Waals surface area contributed by atoms with Gasteiger partial charge in [-0.05, 0) is 12.8 Å². The highest BCUT2D eigenvalue weighted by molar-refractivity contribution is 7.99. The van der Waals surface area contributed by atoms with Crippen LogP contribution in [0.5, 0.6) is 0 Å². The summed E-state index contributed by atoms with van der Waals surface area (Å²) >= 11 is 1.47. The van der Waals surface area contributed by atoms with Gasteiger partial charge in [-0.15, -0.1) is 10.2 Å². The summed E-state index contributed by atoms with van der Waals surface area (Å²) in [5.74, 6) is 2.00. The molecule has 0 bridgehead atoms. The molecule has 1 fully saturated rings. The largest absolute Gasteiger partial charge is 0.416 e. The molecule has 0 unspecified atom stereocenters. The van der Waals surface area contributed by atoms with Crippen LogP contribution in [0.2, 0.25) is 0 Å². The summed E-state index contributed by atoms with van der Waals surface area (Å²) in [6, 6.07) is 0. The number of aromatic nitrogens is 2. The summed E-state index contributed by atoms with van der Waals surface area (Å²) in [4.78, 5) is 10.6. The van der Waals surface area contributed by atoms with Gasteiger partial charge in [0.25, 0.3) is 5.22 Å². The summed E-state index contributed by atoms with van der Waals surface area (Å²) < 4.78 is 5.44. The Bertz CT molecular complexity index is 349. The first-order chi connectivity index (χ1) is 7.25. The van der Waals surface area contributed by atoms with Crippen molar-refractivity contribution in [2.24, 2.45) is 0 Å². The molecule has 0 aromatic carbocycles. The maximum atomic E-state index is 10.6. The number of thioether (sulfide) groups is 1. The van der Waals surface area contributed by atoms with Crippen molar-refractivity contribution < 1.29 is 9.21 Å². The summed E-state index contributed by atoms with van der Waals surface area (Å²) in [5, 5.41) is 11.2. The molecule has 2 rings (SSSR count). The van der Waals surface area contributed by atoms with E-state index in [-0.39, 0.29) is 5.91 Å². The van der Waals surface area contributed by atoms with Gasteiger partial charge in [0.2, 0.25) is 11.8 Å². The van der Waals surface area contributed by atoms with Crippen LogP contribution in [0.25, 0.3) is 0 Å². The number of carbonyl (C=O) groups excluding carboxylic acids is 1. The molecule has 1 aromatic rings. The van der Waals surface area contributed by atoms with E-state index in [1.807, 2.05) is 0 Å². The minimum atomic E-state index is -0.0141. The molecule has 5 nitrogen and oxygen atoms in total. The monoisotopic (exact) mass is 227 g/mol. The maximum Gasteiger partial charge on any atom is 0.276 e. The lowest BCUT2D eigenvalue weighted by molar-refractivity contribution is -0.118. The molecule has 1 heterocycles. The summed E-state index contributed by atoms with van der Waals surface area (Å²) in [5.41, 5.74) is 0. The zero-order chi connectivity index (χ0) is 10.7. The number of carbonyl (C=O) groups is 1. The fourth-order valence-corrected chi connectivity index (χ4v) is 1.76. The quantitative estimate of drug-likeness (QED) is 0.604. The molecule has 1 N–H and O–H groups in total. The average Bonchev–Trinajstić information content (AvgIpc) is 2.94. The minimum Gasteiger partial charge on any atom is -0.416 e. The highest BCUT2D eigenvalue weighted by Gasteiger charge is 2.29. The fourth-order valence-electron chi connectivity index (χ4n) is 1.14. The van der Waals surface area contributed by atoms with E-state index < -0.39 is 0 Å². The lowest BCUT2D eigenvalue weighted by Crippen LogP contribution is -2.22. The molecular weight excluding hydrogens is 214 g/mol. The number of rotatable bonds is 5. The van der Waals surface area contributed by atoms with Crippen molar-refractivity contribution in [2.75, 3.05) is 12.3 Å². The lowest BCUT2D eigenvalue weighted by Gasteiger charge is -1.97. The fraction of sp³-hybridized carbons (Fsp3) is 0.667. The van der Waals surface area contributed by atoms with Crippen LogP contribution >= 0.6 is 11.8 Å². The molecule has 0 atom stereocenters. The predicted octanol–water partition coefficient (Wildman–Crippen LogP) is 1.18. The third-order valence-corrected chi connectivity index (χ3v) is 2.87. The van der Waals surface area contributed by atoms with Crippen LogP contribution in [0.3, 0.4) is 0 Å². The highest BCUT2D eigenvalue weighted by Crippen LogP contribution is 2.39. The van der Waals surface area contributed by atoms with E-state index in [0.29, 0.717) is 17.7 Å². The van der Waals surface area contributed by atoms with Gasteiger partial charge in [0, 0.05) is 25.1 Å². The first-order valence-electron chi connectivity index (χ1n) is 4.96. The molecular formula is C9H13N3O2S. The molecule has 0 radical (unpaired) electrons. The predicted molar refractivity (Wildman–Crippen MR) is 55.7 cm³/mol. The van der Waals surface area contributed by atoms with Gasteiger partial charge in [-0.1, -0.05) is 11.8 Å². The third-order valence-electron chi connectivity index (χ3n) is 2.05. The molecule has 1 aliphatic rings. The van der Waals surface area contributed by atoms with Gasteiger partial charge in [0.1, 0.15) is 0 Å². The van der Waals surface area contributed by atoms with Crippen LogP contribution < -0.4 is 5.32 Å². The lowest BCUT2D eigenvalue weighted by atomic mass is 10.4. The molecule has 0 spiro atoms. The standard InChI is InChI=1S/C9H13N3O2S/c1-6(13)10-4-5-15-9-12-11-8(14-9)7-2-3-7/h7H,2-5H2,1H3,(H,10,13). The van der Waals surface area contributed by atoms with Crippen LogP contribution in [0.15, 0.2) is 9.64 Å². The molecule has 1 saturated carbocycles. The normalized spacial score (nSPS) is 15.3. The Kier molecular flexibility index (Phi) is 3.25. The topological polar surface area (TPSA) is 68.0 Å². The molecule has 15 heavy (non-hydrogen) atoms. The molecule has 1 amide bonds. The maximum absolute atomic E-state index is 10.6. The van der Waals surface area contributed by atoms with E-state index in [4.69, 9.17) is 4.42 Å². The van der Waals surface area contributed by atoms with Crippen molar-refractivity contribution in [3.05, 3.63) is 5.89 Å². The minimum absolute atomic E-state index is 0.0141. The van der Waals surface area contributed by atoms with Gasteiger partial charge in [-0.2, -0.15) is 0 Å². The Morgan fingerprint density at radius 3 is 3.07 bits per heavy atom. The van der Waals surface area contributed by atoms with Crippen molar-refractivity contribution in [3.8, 4) is 0 Å². The number of amides is 1. The second-order valence-corrected chi connectivity index (χ2v) is 4.56. The SMILES string of the molecule is CC(=O)NCCSc1nnc(C2CC2)o1. The molecule has 1 aromatic heterocycles. The van der Waals surface area contributed by atoms with Crippen molar-refractivity contribution in [3.63, 3.8) is 0 Å². The van der Waals surface area contributed by atoms with Gasteiger partial charge >= 0.3 is 0 Å². The van der Waals surface area contributed by atoms with Gasteiger partial charge < -0.3 is 9.73 Å². The Balaban J connectivity index is 1.71. The van der Waals surface area contributed by atoms with Crippen LogP contribution in [-0.2, 0) is 4.79 Å². The van der Waals surface area contributed by atoms with E-state index in [9.17, 15) is 4.79 Å². The second kappa shape index (κ2) is 4.65. The highest BCUT2D eigenvalue weighted by atomic mass is 32.2. The second-order valence-electron chi connectivity index (χ2n) is 3.51. The molecule has 0 saturated heterocycles. The van der Waals surface area contributed by atoms with Crippen LogP contribution in [-0.4, -0.2) is 28.4 Å². The average molecular weight is 227 g/mol. The smallest absolute Gasteiger partial charge is 0.276 e. The van der Waals surface area contributed by atoms with Crippen LogP contribution in [0.4, 0.5) is 0 Å². The summed E-state index contributed by atoms with van der Waals surface area (Å²) in [6.07, 6.45) is 2.33. The first-order valence-corrected chi connectivity index (χ1v) is 5.95. The van der Waals surface area contributed by atoms with Crippen LogP contribution in [0.1, 0.15) is 31.6 Å². The van der Waals surface area contributed by atoms with E-state index in [1.165, 1.54) is 18.7 Å². The van der Waals surface area contributed by atoms with Crippen molar-refractivity contribution in [1.82, 2.24) is 15.5 Å². The summed E-state index contributed by atoms with van der Waals surface area (Å²) in [7, 11) is 0. The van der Waals surface area contributed by atoms with Crippen molar-refractivity contribution in [1.29, 1.82) is 0 Å². The Labute approximate surface area is 92.0 Å². The molecule has 6 heteroatoms. The Morgan fingerprint density at radius 2 is 2.40 bits per heavy atom. The van der Waals surface area contributed by atoms with Crippen molar-refractivity contribution in [2.45, 2.75) is 30.9 Å². The van der Waals surface area contributed by atoms with Gasteiger partial charge in [-0.25, -0.2) is 0 Å². The van der Waals surface area contributed by atoms with Gasteiger partial charge in [0.15, 0.2) is 0 Å². The van der Waals surface area contributed by atoms with E-state index >= 15 is 0 Å². The number of hydrogen-bond acceptors (Lipinski definition) is 5. The summed E-state index contributed by atoms with van der Waals surface area (Å²) in [6.45, 7) is 2.13. The molecule has 1 aliphatic carbocycles. The van der Waals surface area contributed by atoms with Crippen LogP contribution in [0, 0.1) is 0 Å². The number of nitrogens with zero attached hydrogens (tertiary/aromatic N) is 2.